The van der Waals surface area contributed by atoms with Gasteiger partial charge in [0.05, 0.1) is 11.1 Å². The molecule has 40 heavy (non-hydrogen) atoms. The van der Waals surface area contributed by atoms with Gasteiger partial charge in [-0.1, -0.05) is 12.1 Å². The van der Waals surface area contributed by atoms with Crippen LogP contribution in [0.15, 0.2) is 65.6 Å². The molecule has 0 saturated heterocycles. The third-order valence-electron chi connectivity index (χ3n) is 6.41. The van der Waals surface area contributed by atoms with Crippen molar-refractivity contribution in [2.45, 2.75) is 47.7 Å². The number of aromatic hydroxyl groups is 1. The van der Waals surface area contributed by atoms with Crippen LogP contribution in [-0.2, 0) is 6.18 Å². The molecule has 3 N–H and O–H groups in total. The number of nitrogens with one attached hydrogen (secondary N) is 2. The lowest BCUT2D eigenvalue weighted by Crippen LogP contribution is -2.16. The number of phenolic OH excluding ortho intramolecular Hbond substituents is 1. The second kappa shape index (κ2) is 12.1. The maximum atomic E-state index is 13.2. The number of aromatic nitrogens is 1. The first-order valence-corrected chi connectivity index (χ1v) is 12.4. The summed E-state index contributed by atoms with van der Waals surface area (Å²) in [4.78, 5) is 26.6. The van der Waals surface area contributed by atoms with Gasteiger partial charge in [0.15, 0.2) is 0 Å². The molecule has 0 aliphatic rings. The van der Waals surface area contributed by atoms with Crippen LogP contribution in [0, 0.1) is 41.5 Å². The van der Waals surface area contributed by atoms with E-state index in [0.717, 1.165) is 52.1 Å². The predicted molar refractivity (Wildman–Crippen MR) is 150 cm³/mol. The number of amides is 1. The highest BCUT2D eigenvalue weighted by Crippen LogP contribution is 2.35. The zero-order chi connectivity index (χ0) is 29.8. The smallest absolute Gasteiger partial charge is 0.416 e. The van der Waals surface area contributed by atoms with Gasteiger partial charge in [0.2, 0.25) is 5.56 Å². The molecule has 0 saturated carbocycles. The third kappa shape index (κ3) is 7.53. The fourth-order valence-electron chi connectivity index (χ4n) is 3.80. The fraction of sp³-hybridized carbons (Fsp3) is 0.226. The van der Waals surface area contributed by atoms with Crippen LogP contribution in [0.25, 0.3) is 0 Å². The van der Waals surface area contributed by atoms with E-state index in [0.29, 0.717) is 11.5 Å². The minimum Gasteiger partial charge on any atom is -0.508 e. The van der Waals surface area contributed by atoms with Crippen molar-refractivity contribution >= 4 is 11.6 Å². The number of carbonyl (C=O) groups excluding carboxylic acids is 1. The lowest BCUT2D eigenvalue weighted by Gasteiger charge is -2.16. The molecule has 1 aromatic heterocycles. The van der Waals surface area contributed by atoms with E-state index in [2.05, 4.69) is 10.3 Å². The molecule has 4 rings (SSSR count). The highest BCUT2D eigenvalue weighted by molar-refractivity contribution is 6.06. The van der Waals surface area contributed by atoms with Gasteiger partial charge in [-0.05, 0) is 111 Å². The maximum Gasteiger partial charge on any atom is 0.416 e. The van der Waals surface area contributed by atoms with Crippen LogP contribution in [0.4, 0.5) is 18.9 Å². The van der Waals surface area contributed by atoms with E-state index in [1.807, 2.05) is 53.7 Å². The summed E-state index contributed by atoms with van der Waals surface area (Å²) in [5.41, 5.74) is 4.48. The van der Waals surface area contributed by atoms with Crippen LogP contribution < -0.4 is 15.6 Å². The molecule has 9 heteroatoms. The number of pyridine rings is 1. The van der Waals surface area contributed by atoms with Gasteiger partial charge in [-0.2, -0.15) is 13.2 Å². The monoisotopic (exact) mass is 552 g/mol. The second-order valence-corrected chi connectivity index (χ2v) is 9.63. The molecular formula is C31H31F3N2O4. The summed E-state index contributed by atoms with van der Waals surface area (Å²) < 4.78 is 45.5. The van der Waals surface area contributed by atoms with Crippen molar-refractivity contribution in [3.05, 3.63) is 116 Å². The number of alkyl halides is 3. The topological polar surface area (TPSA) is 91.4 Å². The van der Waals surface area contributed by atoms with Crippen molar-refractivity contribution in [3.63, 3.8) is 0 Å². The van der Waals surface area contributed by atoms with Crippen LogP contribution in [0.1, 0.15) is 49.3 Å². The molecule has 4 aromatic rings. The SMILES string of the molecule is Cc1cc(C)c(O)cc1C.Cc1cc(C)c(Oc2ccc(C(F)(F)F)cc2C(=O)Nc2cc[nH]c(=O)c2)cc1C. The standard InChI is InChI=1S/C22H19F3N2O3.C9H12O/c1-12-8-14(3)19(9-13(12)2)30-18-5-4-15(22(23,24)25)10-17(18)21(29)27-16-6-7-26-20(28)11-16;1-6-4-8(3)9(10)5-7(6)2/h4-11H,1-3H3,(H2,26,27,28,29);4-5,10H,1-3H3. The summed E-state index contributed by atoms with van der Waals surface area (Å²) in [5, 5.41) is 11.7. The summed E-state index contributed by atoms with van der Waals surface area (Å²) >= 11 is 0. The first-order chi connectivity index (χ1) is 18.6. The number of benzene rings is 3. The number of halogens is 3. The Hall–Kier alpha value is -4.53. The van der Waals surface area contributed by atoms with Crippen molar-refractivity contribution in [1.29, 1.82) is 0 Å². The Morgan fingerprint density at radius 1 is 0.775 bits per heavy atom. The number of aryl methyl sites for hydroxylation is 6. The van der Waals surface area contributed by atoms with Crippen LogP contribution in [0.5, 0.6) is 17.2 Å². The van der Waals surface area contributed by atoms with Crippen LogP contribution in [0.3, 0.4) is 0 Å². The first-order valence-electron chi connectivity index (χ1n) is 12.4. The van der Waals surface area contributed by atoms with Gasteiger partial charge in [-0.25, -0.2) is 0 Å². The molecule has 0 aliphatic carbocycles. The molecule has 210 valence electrons. The number of carbonyl (C=O) groups is 1. The molecule has 0 spiro atoms. The first kappa shape index (κ1) is 30.0. The van der Waals surface area contributed by atoms with Crippen molar-refractivity contribution in [2.24, 2.45) is 0 Å². The molecule has 0 bridgehead atoms. The largest absolute Gasteiger partial charge is 0.508 e. The lowest BCUT2D eigenvalue weighted by molar-refractivity contribution is -0.137. The van der Waals surface area contributed by atoms with Crippen molar-refractivity contribution in [3.8, 4) is 17.2 Å². The molecule has 1 heterocycles. The van der Waals surface area contributed by atoms with E-state index >= 15 is 0 Å². The minimum absolute atomic E-state index is 0.0308. The Kier molecular flexibility index (Phi) is 9.09. The van der Waals surface area contributed by atoms with Crippen LogP contribution >= 0.6 is 0 Å². The number of aromatic amines is 1. The highest BCUT2D eigenvalue weighted by Gasteiger charge is 2.32. The van der Waals surface area contributed by atoms with Crippen molar-refractivity contribution in [1.82, 2.24) is 4.98 Å². The van der Waals surface area contributed by atoms with E-state index in [1.165, 1.54) is 17.8 Å². The third-order valence-corrected chi connectivity index (χ3v) is 6.41. The van der Waals surface area contributed by atoms with E-state index in [-0.39, 0.29) is 17.0 Å². The summed E-state index contributed by atoms with van der Waals surface area (Å²) in [6.07, 6.45) is -3.31. The molecule has 6 nitrogen and oxygen atoms in total. The van der Waals surface area contributed by atoms with Gasteiger partial charge in [0, 0.05) is 18.0 Å². The number of H-pyrrole nitrogens is 1. The van der Waals surface area contributed by atoms with E-state index in [4.69, 9.17) is 4.74 Å². The van der Waals surface area contributed by atoms with Gasteiger partial charge >= 0.3 is 6.18 Å². The van der Waals surface area contributed by atoms with Crippen LogP contribution in [0.2, 0.25) is 0 Å². The number of rotatable bonds is 4. The average Bonchev–Trinajstić information content (AvgIpc) is 2.86. The van der Waals surface area contributed by atoms with Gasteiger partial charge < -0.3 is 20.1 Å². The molecule has 0 aliphatic heterocycles. The Labute approximate surface area is 230 Å². The van der Waals surface area contributed by atoms with Crippen LogP contribution in [-0.4, -0.2) is 16.0 Å². The molecule has 1 amide bonds. The summed E-state index contributed by atoms with van der Waals surface area (Å²) in [6.45, 7) is 11.6. The Bertz CT molecular complexity index is 1560. The number of anilines is 1. The quantitative estimate of drug-likeness (QED) is 0.242. The summed E-state index contributed by atoms with van der Waals surface area (Å²) in [5.74, 6) is -0.0361. The Balaban J connectivity index is 0.000000371. The normalized spacial score (nSPS) is 10.9. The molecule has 0 unspecified atom stereocenters. The molecule has 0 fully saturated rings. The van der Waals surface area contributed by atoms with Crippen molar-refractivity contribution in [2.75, 3.05) is 5.32 Å². The minimum atomic E-state index is -4.63. The van der Waals surface area contributed by atoms with Gasteiger partial charge in [0.25, 0.3) is 5.91 Å². The number of phenols is 1. The Morgan fingerprint density at radius 3 is 1.98 bits per heavy atom. The molecule has 0 radical (unpaired) electrons. The average molecular weight is 553 g/mol. The highest BCUT2D eigenvalue weighted by atomic mass is 19.4. The lowest BCUT2D eigenvalue weighted by atomic mass is 10.1. The predicted octanol–water partition coefficient (Wildman–Crippen LogP) is 7.68. The Morgan fingerprint density at radius 2 is 1.38 bits per heavy atom. The number of ether oxygens (including phenoxy) is 1. The zero-order valence-electron chi connectivity index (χ0n) is 23.1. The molecule has 3 aromatic carbocycles. The fourth-order valence-corrected chi connectivity index (χ4v) is 3.80. The van der Waals surface area contributed by atoms with Gasteiger partial charge in [-0.15, -0.1) is 0 Å². The number of hydrogen-bond donors (Lipinski definition) is 3. The zero-order valence-corrected chi connectivity index (χ0v) is 23.1. The van der Waals surface area contributed by atoms with E-state index in [9.17, 15) is 27.9 Å². The van der Waals surface area contributed by atoms with Gasteiger partial charge in [0.1, 0.15) is 17.2 Å². The molecular weight excluding hydrogens is 521 g/mol. The maximum absolute atomic E-state index is 13.2. The number of hydrogen-bond acceptors (Lipinski definition) is 4. The van der Waals surface area contributed by atoms with E-state index in [1.54, 1.807) is 12.1 Å². The summed E-state index contributed by atoms with van der Waals surface area (Å²) in [7, 11) is 0. The second-order valence-electron chi connectivity index (χ2n) is 9.63. The molecule has 0 atom stereocenters. The van der Waals surface area contributed by atoms with Gasteiger partial charge in [-0.3, -0.25) is 9.59 Å². The van der Waals surface area contributed by atoms with Crippen molar-refractivity contribution < 1.29 is 27.8 Å². The summed E-state index contributed by atoms with van der Waals surface area (Å²) in [6, 6.07) is 12.7. The van der Waals surface area contributed by atoms with E-state index < -0.39 is 23.2 Å².